The zero-order chi connectivity index (χ0) is 22.0. The second-order valence-corrected chi connectivity index (χ2v) is 8.35. The molecule has 0 saturated carbocycles. The Morgan fingerprint density at radius 3 is 2.45 bits per heavy atom. The lowest BCUT2D eigenvalue weighted by molar-refractivity contribution is -0.136. The van der Waals surface area contributed by atoms with Gasteiger partial charge in [0.05, 0.1) is 13.0 Å². The number of nitrogens with zero attached hydrogens (tertiary/aromatic N) is 1. The van der Waals surface area contributed by atoms with Gasteiger partial charge >= 0.3 is 5.97 Å². The Labute approximate surface area is 181 Å². The number of aliphatic carboxylic acids is 1. The molecule has 0 aliphatic carbocycles. The Kier molecular flexibility index (Phi) is 6.14. The Bertz CT molecular complexity index is 1120. The van der Waals surface area contributed by atoms with Crippen LogP contribution in [0, 0.1) is 12.7 Å². The number of Topliss-reactive ketones (excluding diaryl/α,β-unsaturated/α-hetero) is 1. The summed E-state index contributed by atoms with van der Waals surface area (Å²) < 4.78 is 14.1. The molecule has 0 amide bonds. The molecule has 4 nitrogen and oxygen atoms in total. The molecule has 3 aromatic carbocycles. The number of likely N-dealkylation sites (tertiary alicyclic amines) is 1. The number of carboxylic acid groups (broad SMARTS) is 1. The van der Waals surface area contributed by atoms with Gasteiger partial charge in [0.2, 0.25) is 0 Å². The fourth-order valence-corrected chi connectivity index (χ4v) is 4.73. The van der Waals surface area contributed by atoms with Crippen LogP contribution in [0.2, 0.25) is 0 Å². The first kappa shape index (κ1) is 21.2. The first-order valence-corrected chi connectivity index (χ1v) is 10.7. The van der Waals surface area contributed by atoms with E-state index in [1.54, 1.807) is 12.1 Å². The highest BCUT2D eigenvalue weighted by Crippen LogP contribution is 2.37. The zero-order valence-electron chi connectivity index (χ0n) is 17.6. The first-order valence-electron chi connectivity index (χ1n) is 10.7. The molecule has 1 fully saturated rings. The van der Waals surface area contributed by atoms with E-state index in [1.807, 2.05) is 43.3 Å². The number of hydrogen-bond acceptors (Lipinski definition) is 3. The molecular formula is C26H26FNO3. The first-order chi connectivity index (χ1) is 14.9. The van der Waals surface area contributed by atoms with Crippen molar-refractivity contribution in [2.75, 3.05) is 19.6 Å². The van der Waals surface area contributed by atoms with Crippen LogP contribution < -0.4 is 0 Å². The number of piperidine rings is 1. The summed E-state index contributed by atoms with van der Waals surface area (Å²) in [5, 5.41) is 11.1. The highest BCUT2D eigenvalue weighted by molar-refractivity contribution is 5.97. The van der Waals surface area contributed by atoms with E-state index in [0.717, 1.165) is 59.0 Å². The van der Waals surface area contributed by atoms with Crippen LogP contribution in [0.3, 0.4) is 0 Å². The van der Waals surface area contributed by atoms with Crippen LogP contribution in [-0.2, 0) is 11.2 Å². The number of carboxylic acids is 1. The third-order valence-corrected chi connectivity index (χ3v) is 6.32. The average molecular weight is 419 g/mol. The van der Waals surface area contributed by atoms with E-state index in [1.165, 1.54) is 6.07 Å². The number of carbonyl (C=O) groups is 2. The summed E-state index contributed by atoms with van der Waals surface area (Å²) >= 11 is 0. The van der Waals surface area contributed by atoms with Gasteiger partial charge in [-0.05, 0) is 78.4 Å². The third kappa shape index (κ3) is 4.67. The molecule has 4 rings (SSSR count). The summed E-state index contributed by atoms with van der Waals surface area (Å²) in [5.74, 6) is -0.831. The van der Waals surface area contributed by atoms with Crippen molar-refractivity contribution in [3.8, 4) is 0 Å². The van der Waals surface area contributed by atoms with Gasteiger partial charge in [-0.25, -0.2) is 4.39 Å². The fourth-order valence-electron chi connectivity index (χ4n) is 4.73. The van der Waals surface area contributed by atoms with Gasteiger partial charge in [0.15, 0.2) is 5.78 Å². The maximum absolute atomic E-state index is 14.1. The molecule has 1 saturated heterocycles. The number of rotatable bonds is 6. The third-order valence-electron chi connectivity index (χ3n) is 6.32. The van der Waals surface area contributed by atoms with Gasteiger partial charge in [0.25, 0.3) is 0 Å². The molecule has 1 aliphatic heterocycles. The summed E-state index contributed by atoms with van der Waals surface area (Å²) in [5.41, 5.74) is 3.51. The van der Waals surface area contributed by atoms with E-state index in [4.69, 9.17) is 0 Å². The average Bonchev–Trinajstić information content (AvgIpc) is 2.76. The van der Waals surface area contributed by atoms with Crippen LogP contribution >= 0.6 is 0 Å². The highest BCUT2D eigenvalue weighted by atomic mass is 19.1. The lowest BCUT2D eigenvalue weighted by Gasteiger charge is -2.33. The Hall–Kier alpha value is -3.05. The van der Waals surface area contributed by atoms with Crippen molar-refractivity contribution in [2.45, 2.75) is 32.1 Å². The number of hydrogen-bond donors (Lipinski definition) is 1. The maximum atomic E-state index is 14.1. The predicted molar refractivity (Wildman–Crippen MR) is 119 cm³/mol. The molecule has 0 atom stereocenters. The molecule has 0 bridgehead atoms. The van der Waals surface area contributed by atoms with Crippen molar-refractivity contribution in [1.29, 1.82) is 0 Å². The van der Waals surface area contributed by atoms with E-state index in [0.29, 0.717) is 6.54 Å². The largest absolute Gasteiger partial charge is 0.481 e. The van der Waals surface area contributed by atoms with Crippen molar-refractivity contribution in [3.05, 3.63) is 82.7 Å². The predicted octanol–water partition coefficient (Wildman–Crippen LogP) is 4.98. The summed E-state index contributed by atoms with van der Waals surface area (Å²) in [4.78, 5) is 26.1. The topological polar surface area (TPSA) is 57.6 Å². The van der Waals surface area contributed by atoms with Crippen molar-refractivity contribution in [1.82, 2.24) is 4.90 Å². The second-order valence-electron chi connectivity index (χ2n) is 8.35. The standard InChI is InChI=1S/C26H26FNO3/c1-17-21(14-25(30)31)13-20-7-8-22(27)15-23(20)26(17)19-9-11-28(12-10-19)16-24(29)18-5-3-2-4-6-18/h2-8,13,15,19H,9-12,14,16H2,1H3,(H,30,31). The van der Waals surface area contributed by atoms with E-state index < -0.39 is 5.97 Å². The van der Waals surface area contributed by atoms with Crippen LogP contribution in [0.25, 0.3) is 10.8 Å². The van der Waals surface area contributed by atoms with Crippen LogP contribution in [0.15, 0.2) is 54.6 Å². The molecule has 0 radical (unpaired) electrons. The highest BCUT2D eigenvalue weighted by Gasteiger charge is 2.26. The molecule has 31 heavy (non-hydrogen) atoms. The number of halogens is 1. The van der Waals surface area contributed by atoms with Gasteiger partial charge in [0, 0.05) is 5.56 Å². The van der Waals surface area contributed by atoms with E-state index in [-0.39, 0.29) is 23.9 Å². The van der Waals surface area contributed by atoms with Gasteiger partial charge in [-0.2, -0.15) is 0 Å². The van der Waals surface area contributed by atoms with Crippen molar-refractivity contribution < 1.29 is 19.1 Å². The molecule has 5 heteroatoms. The lowest BCUT2D eigenvalue weighted by Crippen LogP contribution is -2.37. The molecule has 0 unspecified atom stereocenters. The molecule has 1 N–H and O–H groups in total. The summed E-state index contributed by atoms with van der Waals surface area (Å²) in [6, 6.07) is 15.9. The molecule has 160 valence electrons. The van der Waals surface area contributed by atoms with Gasteiger partial charge in [0.1, 0.15) is 5.82 Å². The van der Waals surface area contributed by atoms with Crippen molar-refractivity contribution >= 4 is 22.5 Å². The molecule has 0 aromatic heterocycles. The Balaban J connectivity index is 1.56. The minimum atomic E-state index is -0.871. The molecule has 3 aromatic rings. The smallest absolute Gasteiger partial charge is 0.307 e. The number of fused-ring (bicyclic) bond motifs is 1. The minimum Gasteiger partial charge on any atom is -0.481 e. The summed E-state index contributed by atoms with van der Waals surface area (Å²) in [6.45, 7) is 3.90. The van der Waals surface area contributed by atoms with E-state index in [9.17, 15) is 19.1 Å². The molecular weight excluding hydrogens is 393 g/mol. The zero-order valence-corrected chi connectivity index (χ0v) is 17.6. The van der Waals surface area contributed by atoms with Crippen LogP contribution in [0.4, 0.5) is 4.39 Å². The monoisotopic (exact) mass is 419 g/mol. The van der Waals surface area contributed by atoms with Crippen LogP contribution in [-0.4, -0.2) is 41.4 Å². The van der Waals surface area contributed by atoms with Crippen LogP contribution in [0.1, 0.15) is 45.8 Å². The summed E-state index contributed by atoms with van der Waals surface area (Å²) in [6.07, 6.45) is 1.66. The van der Waals surface area contributed by atoms with Gasteiger partial charge in [-0.15, -0.1) is 0 Å². The lowest BCUT2D eigenvalue weighted by atomic mass is 9.81. The normalized spacial score (nSPS) is 15.3. The number of benzene rings is 3. The van der Waals surface area contributed by atoms with Crippen molar-refractivity contribution in [2.24, 2.45) is 0 Å². The van der Waals surface area contributed by atoms with Gasteiger partial charge in [-0.3, -0.25) is 14.5 Å². The molecule has 1 aliphatic rings. The van der Waals surface area contributed by atoms with E-state index >= 15 is 0 Å². The molecule has 1 heterocycles. The van der Waals surface area contributed by atoms with Crippen LogP contribution in [0.5, 0.6) is 0 Å². The van der Waals surface area contributed by atoms with E-state index in [2.05, 4.69) is 4.90 Å². The fraction of sp³-hybridized carbons (Fsp3) is 0.308. The summed E-state index contributed by atoms with van der Waals surface area (Å²) in [7, 11) is 0. The minimum absolute atomic E-state index is 0.0451. The second kappa shape index (κ2) is 8.98. The van der Waals surface area contributed by atoms with Gasteiger partial charge < -0.3 is 5.11 Å². The molecule has 0 spiro atoms. The Morgan fingerprint density at radius 2 is 1.77 bits per heavy atom. The Morgan fingerprint density at radius 1 is 1.06 bits per heavy atom. The number of ketones is 1. The maximum Gasteiger partial charge on any atom is 0.307 e. The SMILES string of the molecule is Cc1c(CC(=O)O)cc2ccc(F)cc2c1C1CCN(CC(=O)c2ccccc2)CC1. The van der Waals surface area contributed by atoms with Gasteiger partial charge in [-0.1, -0.05) is 42.5 Å². The quantitative estimate of drug-likeness (QED) is 0.573. The van der Waals surface area contributed by atoms with Crippen molar-refractivity contribution in [3.63, 3.8) is 0 Å². The number of carbonyl (C=O) groups excluding carboxylic acids is 1.